The lowest BCUT2D eigenvalue weighted by Crippen LogP contribution is -2.26. The van der Waals surface area contributed by atoms with Crippen molar-refractivity contribution in [2.45, 2.75) is 0 Å². The Morgan fingerprint density at radius 1 is 1.40 bits per heavy atom. The lowest BCUT2D eigenvalue weighted by Gasteiger charge is -2.12. The molecule has 0 aliphatic heterocycles. The van der Waals surface area contributed by atoms with E-state index in [0.29, 0.717) is 11.4 Å². The average Bonchev–Trinajstić information content (AvgIpc) is 2.41. The van der Waals surface area contributed by atoms with Gasteiger partial charge in [0.15, 0.2) is 0 Å². The maximum Gasteiger partial charge on any atom is 0.213 e. The van der Waals surface area contributed by atoms with Gasteiger partial charge >= 0.3 is 0 Å². The van der Waals surface area contributed by atoms with Crippen LogP contribution in [0.4, 0.5) is 11.4 Å². The van der Waals surface area contributed by atoms with Gasteiger partial charge in [-0.2, -0.15) is 0 Å². The van der Waals surface area contributed by atoms with Crippen molar-refractivity contribution in [3.8, 4) is 0 Å². The fraction of sp³-hybridized carbons (Fsp3) is 0.250. The first-order valence-electron chi connectivity index (χ1n) is 5.92. The Bertz CT molecular complexity index is 728. The molecule has 0 amide bonds. The van der Waals surface area contributed by atoms with Gasteiger partial charge in [0.05, 0.1) is 28.8 Å². The van der Waals surface area contributed by atoms with E-state index in [0.717, 1.165) is 15.4 Å². The molecule has 0 saturated carbocycles. The molecule has 2 rings (SSSR count). The van der Waals surface area contributed by atoms with Crippen LogP contribution in [0.5, 0.6) is 0 Å². The quantitative estimate of drug-likeness (QED) is 0.753. The molecule has 4 N–H and O–H groups in total. The molecule has 2 aromatic rings. The van der Waals surface area contributed by atoms with Gasteiger partial charge in [-0.25, -0.2) is 13.1 Å². The van der Waals surface area contributed by atoms with E-state index in [1.807, 2.05) is 18.2 Å². The van der Waals surface area contributed by atoms with E-state index in [9.17, 15) is 8.42 Å². The Hall–Kier alpha value is -1.38. The van der Waals surface area contributed by atoms with Crippen LogP contribution in [0.1, 0.15) is 0 Å². The van der Waals surface area contributed by atoms with Crippen LogP contribution in [0.3, 0.4) is 0 Å². The zero-order chi connectivity index (χ0) is 14.8. The number of hydrogen-bond acceptors (Lipinski definition) is 5. The van der Waals surface area contributed by atoms with Crippen molar-refractivity contribution in [3.63, 3.8) is 0 Å². The number of aromatic nitrogens is 1. The Morgan fingerprint density at radius 3 is 2.85 bits per heavy atom. The van der Waals surface area contributed by atoms with Crippen LogP contribution >= 0.6 is 15.9 Å². The molecule has 0 fully saturated rings. The zero-order valence-corrected chi connectivity index (χ0v) is 13.3. The molecule has 6 nitrogen and oxygen atoms in total. The molecule has 0 saturated heterocycles. The Balaban J connectivity index is 2.29. The van der Waals surface area contributed by atoms with Gasteiger partial charge in [-0.1, -0.05) is 15.9 Å². The van der Waals surface area contributed by atoms with E-state index < -0.39 is 10.0 Å². The van der Waals surface area contributed by atoms with E-state index in [2.05, 4.69) is 31.0 Å². The van der Waals surface area contributed by atoms with Gasteiger partial charge in [-0.05, 0) is 25.2 Å². The van der Waals surface area contributed by atoms with Crippen molar-refractivity contribution >= 4 is 48.2 Å². The molecule has 108 valence electrons. The zero-order valence-electron chi connectivity index (χ0n) is 10.9. The Kier molecular flexibility index (Phi) is 4.46. The molecule has 0 bridgehead atoms. The van der Waals surface area contributed by atoms with Crippen LogP contribution in [0.25, 0.3) is 10.9 Å². The van der Waals surface area contributed by atoms with Crippen LogP contribution in [-0.4, -0.2) is 32.7 Å². The molecule has 1 aromatic carbocycles. The number of sulfonamides is 1. The Morgan fingerprint density at radius 2 is 2.15 bits per heavy atom. The minimum absolute atomic E-state index is 0.0270. The minimum atomic E-state index is -3.24. The van der Waals surface area contributed by atoms with E-state index in [4.69, 9.17) is 5.73 Å². The first kappa shape index (κ1) is 15.0. The number of anilines is 2. The number of pyridine rings is 1. The fourth-order valence-electron chi connectivity index (χ4n) is 1.79. The maximum absolute atomic E-state index is 11.4. The summed E-state index contributed by atoms with van der Waals surface area (Å²) < 4.78 is 26.0. The largest absolute Gasteiger partial charge is 0.396 e. The third kappa shape index (κ3) is 3.38. The predicted molar refractivity (Wildman–Crippen MR) is 85.2 cm³/mol. The van der Waals surface area contributed by atoms with Crippen LogP contribution in [-0.2, 0) is 10.0 Å². The van der Waals surface area contributed by atoms with E-state index in [-0.39, 0.29) is 12.3 Å². The highest BCUT2D eigenvalue weighted by Gasteiger charge is 2.10. The summed E-state index contributed by atoms with van der Waals surface area (Å²) in [6.45, 7) is 0.263. The third-order valence-corrected chi connectivity index (χ3v) is 4.70. The molecule has 1 aromatic heterocycles. The van der Waals surface area contributed by atoms with Crippen LogP contribution in [0.2, 0.25) is 0 Å². The summed E-state index contributed by atoms with van der Waals surface area (Å²) in [4.78, 5) is 4.24. The standard InChI is InChI=1S/C12H15BrN4O2S/c1-15-20(18,19)5-4-16-12-9-6-8(13)2-3-11(9)17-7-10(12)14/h2-3,6-7,15H,4-5,14H2,1H3,(H,16,17). The number of nitrogens with zero attached hydrogens (tertiary/aromatic N) is 1. The summed E-state index contributed by atoms with van der Waals surface area (Å²) in [6.07, 6.45) is 1.56. The highest BCUT2D eigenvalue weighted by Crippen LogP contribution is 2.29. The van der Waals surface area contributed by atoms with Gasteiger partial charge in [-0.3, -0.25) is 4.98 Å². The second kappa shape index (κ2) is 5.94. The van der Waals surface area contributed by atoms with E-state index in [1.165, 1.54) is 7.05 Å². The van der Waals surface area contributed by atoms with Crippen molar-refractivity contribution in [2.24, 2.45) is 0 Å². The van der Waals surface area contributed by atoms with Crippen LogP contribution in [0.15, 0.2) is 28.9 Å². The normalized spacial score (nSPS) is 11.7. The van der Waals surface area contributed by atoms with Gasteiger partial charge in [0.25, 0.3) is 0 Å². The molecule has 0 spiro atoms. The monoisotopic (exact) mass is 358 g/mol. The number of nitrogens with one attached hydrogen (secondary N) is 2. The SMILES string of the molecule is CNS(=O)(=O)CCNc1c(N)cnc2ccc(Br)cc12. The number of benzene rings is 1. The second-order valence-corrected chi connectivity index (χ2v) is 7.16. The lowest BCUT2D eigenvalue weighted by atomic mass is 10.1. The smallest absolute Gasteiger partial charge is 0.213 e. The summed E-state index contributed by atoms with van der Waals surface area (Å²) in [5.74, 6) is -0.0270. The summed E-state index contributed by atoms with van der Waals surface area (Å²) in [5.41, 5.74) is 7.89. The number of nitrogens with two attached hydrogens (primary N) is 1. The van der Waals surface area contributed by atoms with E-state index >= 15 is 0 Å². The first-order valence-corrected chi connectivity index (χ1v) is 8.36. The number of rotatable bonds is 5. The predicted octanol–water partition coefficient (Wildman–Crippen LogP) is 1.54. The van der Waals surface area contributed by atoms with Crippen LogP contribution in [0, 0.1) is 0 Å². The molecule has 0 unspecified atom stereocenters. The molecule has 0 aliphatic carbocycles. The van der Waals surface area contributed by atoms with Gasteiger partial charge < -0.3 is 11.1 Å². The molecule has 20 heavy (non-hydrogen) atoms. The molecule has 1 heterocycles. The third-order valence-electron chi connectivity index (χ3n) is 2.84. The van der Waals surface area contributed by atoms with Gasteiger partial charge in [0.1, 0.15) is 0 Å². The van der Waals surface area contributed by atoms with E-state index in [1.54, 1.807) is 6.20 Å². The van der Waals surface area contributed by atoms with Crippen molar-refractivity contribution in [3.05, 3.63) is 28.9 Å². The van der Waals surface area contributed by atoms with Crippen molar-refractivity contribution in [1.82, 2.24) is 9.71 Å². The maximum atomic E-state index is 11.4. The Labute approximate surface area is 125 Å². The number of fused-ring (bicyclic) bond motifs is 1. The highest BCUT2D eigenvalue weighted by atomic mass is 79.9. The summed E-state index contributed by atoms with van der Waals surface area (Å²) in [5, 5.41) is 3.92. The van der Waals surface area contributed by atoms with Crippen molar-refractivity contribution < 1.29 is 8.42 Å². The molecule has 0 atom stereocenters. The molecular formula is C12H15BrN4O2S. The second-order valence-electron chi connectivity index (χ2n) is 4.20. The molecular weight excluding hydrogens is 344 g/mol. The number of nitrogen functional groups attached to an aromatic ring is 1. The lowest BCUT2D eigenvalue weighted by molar-refractivity contribution is 0.588. The number of hydrogen-bond donors (Lipinski definition) is 3. The average molecular weight is 359 g/mol. The highest BCUT2D eigenvalue weighted by molar-refractivity contribution is 9.10. The summed E-state index contributed by atoms with van der Waals surface area (Å²) in [7, 11) is -1.85. The van der Waals surface area contributed by atoms with Gasteiger partial charge in [0, 0.05) is 16.4 Å². The topological polar surface area (TPSA) is 97.1 Å². The van der Waals surface area contributed by atoms with Crippen molar-refractivity contribution in [1.29, 1.82) is 0 Å². The van der Waals surface area contributed by atoms with Gasteiger partial charge in [0.2, 0.25) is 10.0 Å². The molecule has 0 radical (unpaired) electrons. The fourth-order valence-corrected chi connectivity index (χ4v) is 2.73. The van der Waals surface area contributed by atoms with Gasteiger partial charge in [-0.15, -0.1) is 0 Å². The number of halogens is 1. The summed E-state index contributed by atoms with van der Waals surface area (Å²) in [6, 6.07) is 5.66. The minimum Gasteiger partial charge on any atom is -0.396 e. The van der Waals surface area contributed by atoms with Crippen molar-refractivity contribution in [2.75, 3.05) is 30.4 Å². The molecule has 0 aliphatic rings. The first-order chi connectivity index (χ1) is 9.43. The molecule has 8 heteroatoms. The summed E-state index contributed by atoms with van der Waals surface area (Å²) >= 11 is 3.40. The van der Waals surface area contributed by atoms with Crippen LogP contribution < -0.4 is 15.8 Å².